The summed E-state index contributed by atoms with van der Waals surface area (Å²) < 4.78 is 56.7. The molecule has 9 nitrogen and oxygen atoms in total. The Kier molecular flexibility index (Phi) is 13.2. The minimum atomic E-state index is -4.63. The lowest BCUT2D eigenvalue weighted by Gasteiger charge is -2.40. The molecule has 5 N–H and O–H groups in total. The van der Waals surface area contributed by atoms with Crippen molar-refractivity contribution >= 4 is 57.4 Å². The van der Waals surface area contributed by atoms with E-state index < -0.39 is 58.8 Å². The Hall–Kier alpha value is -4.56. The third-order valence-electron chi connectivity index (χ3n) is 10.6. The van der Waals surface area contributed by atoms with Gasteiger partial charge in [0.05, 0.1) is 28.5 Å². The molecule has 55 heavy (non-hydrogen) atoms. The van der Waals surface area contributed by atoms with Gasteiger partial charge in [0.25, 0.3) is 0 Å². The maximum atomic E-state index is 14.8. The van der Waals surface area contributed by atoms with Gasteiger partial charge in [-0.25, -0.2) is 9.37 Å². The smallest absolute Gasteiger partial charge is 0.374 e. The van der Waals surface area contributed by atoms with Crippen LogP contribution in [0.5, 0.6) is 0 Å². The highest BCUT2D eigenvalue weighted by Crippen LogP contribution is 2.40. The lowest BCUT2D eigenvalue weighted by atomic mass is 9.78. The molecular formula is C40H45ClF4N6O3S. The maximum Gasteiger partial charge on any atom is 0.418 e. The standard InChI is InChI=1S/C40H45ClF4N6O3S/c1-5-22(3)33(49-32(52)18-25-10-7-8-13-29(25)42)36(53)51-39(17-16-30-27(19-39)26-11-9-12-28(35(26)48-30)40(43,44)45)38(54)50-34(23(4)6-2)37(55)47-21-24-14-15-31(41)46-20-24/h7-15,20,22-23,33-34,48H,5-6,16-19,21H2,1-4H3,(H,47,55)(H,49,52)(H,50,54)(H,51,53)/t22?,23-,33-,34?,39+/m0/s1. The Labute approximate surface area is 327 Å². The third kappa shape index (κ3) is 9.64. The summed E-state index contributed by atoms with van der Waals surface area (Å²) >= 11 is 11.7. The molecule has 0 saturated heterocycles. The topological polar surface area (TPSA) is 128 Å². The predicted molar refractivity (Wildman–Crippen MR) is 208 cm³/mol. The van der Waals surface area contributed by atoms with Gasteiger partial charge in [-0.2, -0.15) is 13.2 Å². The SMILES string of the molecule is CCC(C)[C@H](NC(=O)Cc1ccccc1F)C(=O)N[C@]1(C(=O)NC(C(=S)NCc2ccc(Cl)nc2)[C@@H](C)CC)CCc2[nH]c3c(C(F)(F)F)cccc3c2C1. The molecule has 1 aliphatic carbocycles. The number of hydrogen-bond donors (Lipinski definition) is 5. The molecular weight excluding hydrogens is 756 g/mol. The number of carbonyl (C=O) groups is 3. The number of nitrogens with one attached hydrogen (secondary N) is 5. The van der Waals surface area contributed by atoms with Crippen LogP contribution in [0.15, 0.2) is 60.8 Å². The van der Waals surface area contributed by atoms with Crippen molar-refractivity contribution in [1.29, 1.82) is 0 Å². The van der Waals surface area contributed by atoms with Crippen molar-refractivity contribution in [3.8, 4) is 0 Å². The molecule has 3 amide bonds. The number of alkyl halides is 3. The van der Waals surface area contributed by atoms with E-state index in [-0.39, 0.29) is 42.7 Å². The van der Waals surface area contributed by atoms with Crippen LogP contribution in [0.3, 0.4) is 0 Å². The van der Waals surface area contributed by atoms with Crippen LogP contribution in [0.2, 0.25) is 5.15 Å². The zero-order valence-electron chi connectivity index (χ0n) is 31.0. The van der Waals surface area contributed by atoms with E-state index in [0.717, 1.165) is 11.6 Å². The second-order valence-corrected chi connectivity index (χ2v) is 15.1. The number of rotatable bonds is 14. The van der Waals surface area contributed by atoms with Gasteiger partial charge in [0, 0.05) is 30.2 Å². The van der Waals surface area contributed by atoms with Crippen molar-refractivity contribution in [2.75, 3.05) is 0 Å². The first-order chi connectivity index (χ1) is 26.1. The summed E-state index contributed by atoms with van der Waals surface area (Å²) in [5.41, 5.74) is -0.621. The first-order valence-corrected chi connectivity index (χ1v) is 19.1. The molecule has 294 valence electrons. The first kappa shape index (κ1) is 41.6. The molecule has 15 heteroatoms. The average Bonchev–Trinajstić information content (AvgIpc) is 3.53. The molecule has 0 fully saturated rings. The third-order valence-corrected chi connectivity index (χ3v) is 11.2. The summed E-state index contributed by atoms with van der Waals surface area (Å²) in [6, 6.07) is 11.4. The number of H-pyrrole nitrogens is 1. The van der Waals surface area contributed by atoms with Crippen molar-refractivity contribution in [3.63, 3.8) is 0 Å². The fourth-order valence-corrected chi connectivity index (χ4v) is 7.39. The maximum absolute atomic E-state index is 14.8. The molecule has 5 atom stereocenters. The molecule has 2 aromatic heterocycles. The van der Waals surface area contributed by atoms with Crippen molar-refractivity contribution in [2.24, 2.45) is 11.8 Å². The zero-order valence-corrected chi connectivity index (χ0v) is 32.6. The Morgan fingerprint density at radius 3 is 2.35 bits per heavy atom. The van der Waals surface area contributed by atoms with Crippen molar-refractivity contribution < 1.29 is 31.9 Å². The van der Waals surface area contributed by atoms with Crippen LogP contribution in [0, 0.1) is 17.7 Å². The quantitative estimate of drug-likeness (QED) is 0.0525. The van der Waals surface area contributed by atoms with Gasteiger partial charge in [-0.05, 0) is 59.6 Å². The van der Waals surface area contributed by atoms with E-state index in [4.69, 9.17) is 23.8 Å². The Balaban J connectivity index is 1.49. The van der Waals surface area contributed by atoms with Crippen LogP contribution in [-0.2, 0) is 46.4 Å². The average molecular weight is 801 g/mol. The molecule has 0 spiro atoms. The normalized spacial score (nSPS) is 17.7. The highest BCUT2D eigenvalue weighted by Gasteiger charge is 2.47. The van der Waals surface area contributed by atoms with Crippen LogP contribution in [0.25, 0.3) is 10.9 Å². The summed E-state index contributed by atoms with van der Waals surface area (Å²) in [7, 11) is 0. The summed E-state index contributed by atoms with van der Waals surface area (Å²) in [5.74, 6) is -2.94. The minimum absolute atomic E-state index is 0.0337. The minimum Gasteiger partial charge on any atom is -0.374 e. The second kappa shape index (κ2) is 17.5. The molecule has 0 saturated carbocycles. The van der Waals surface area contributed by atoms with Crippen LogP contribution in [-0.4, -0.2) is 50.3 Å². The Bertz CT molecular complexity index is 2040. The number of nitrogens with zero attached hydrogens (tertiary/aromatic N) is 1. The number of carbonyl (C=O) groups excluding carboxylic acids is 3. The molecule has 2 aromatic carbocycles. The number of amides is 3. The predicted octanol–water partition coefficient (Wildman–Crippen LogP) is 7.14. The van der Waals surface area contributed by atoms with E-state index in [1.54, 1.807) is 37.4 Å². The molecule has 5 rings (SSSR count). The lowest BCUT2D eigenvalue weighted by molar-refractivity contribution is -0.137. The van der Waals surface area contributed by atoms with E-state index in [2.05, 4.69) is 31.2 Å². The number of benzene rings is 2. The van der Waals surface area contributed by atoms with Gasteiger partial charge in [-0.15, -0.1) is 0 Å². The number of hydrogen-bond acceptors (Lipinski definition) is 5. The molecule has 0 aliphatic heterocycles. The van der Waals surface area contributed by atoms with Gasteiger partial charge in [-0.1, -0.05) is 101 Å². The Morgan fingerprint density at radius 1 is 0.982 bits per heavy atom. The van der Waals surface area contributed by atoms with Gasteiger partial charge >= 0.3 is 6.18 Å². The molecule has 2 unspecified atom stereocenters. The number of thiocarbonyl (C=S) groups is 1. The first-order valence-electron chi connectivity index (χ1n) is 18.3. The lowest BCUT2D eigenvalue weighted by Crippen LogP contribution is -2.67. The van der Waals surface area contributed by atoms with Gasteiger partial charge in [0.2, 0.25) is 17.7 Å². The van der Waals surface area contributed by atoms with E-state index in [1.807, 2.05) is 20.8 Å². The fourth-order valence-electron chi connectivity index (χ4n) is 6.91. The van der Waals surface area contributed by atoms with Crippen molar-refractivity contribution in [2.45, 2.75) is 96.6 Å². The number of halogens is 5. The van der Waals surface area contributed by atoms with Gasteiger partial charge in [0.1, 0.15) is 22.6 Å². The molecule has 2 heterocycles. The monoisotopic (exact) mass is 800 g/mol. The van der Waals surface area contributed by atoms with Gasteiger partial charge in [-0.3, -0.25) is 14.4 Å². The number of aromatic amines is 1. The van der Waals surface area contributed by atoms with Crippen LogP contribution < -0.4 is 21.3 Å². The summed E-state index contributed by atoms with van der Waals surface area (Å²) in [5, 5.41) is 12.6. The Morgan fingerprint density at radius 2 is 1.69 bits per heavy atom. The van der Waals surface area contributed by atoms with E-state index in [0.29, 0.717) is 46.2 Å². The number of fused-ring (bicyclic) bond motifs is 3. The van der Waals surface area contributed by atoms with Crippen LogP contribution in [0.4, 0.5) is 17.6 Å². The van der Waals surface area contributed by atoms with Gasteiger partial charge in [0.15, 0.2) is 0 Å². The van der Waals surface area contributed by atoms with Crippen molar-refractivity contribution in [1.82, 2.24) is 31.2 Å². The van der Waals surface area contributed by atoms with Crippen molar-refractivity contribution in [3.05, 3.63) is 99.7 Å². The molecule has 0 bridgehead atoms. The number of pyridine rings is 1. The van der Waals surface area contributed by atoms with E-state index >= 15 is 0 Å². The summed E-state index contributed by atoms with van der Waals surface area (Å²) in [4.78, 5) is 49.8. The largest absolute Gasteiger partial charge is 0.418 e. The fraction of sp³-hybridized carbons (Fsp3) is 0.425. The van der Waals surface area contributed by atoms with Gasteiger partial charge < -0.3 is 26.3 Å². The highest BCUT2D eigenvalue weighted by molar-refractivity contribution is 7.80. The number of aromatic nitrogens is 2. The molecule has 4 aromatic rings. The zero-order chi connectivity index (χ0) is 40.1. The second-order valence-electron chi connectivity index (χ2n) is 14.3. The van der Waals surface area contributed by atoms with Crippen LogP contribution in [0.1, 0.15) is 74.9 Å². The molecule has 1 aliphatic rings. The van der Waals surface area contributed by atoms with Crippen LogP contribution >= 0.6 is 23.8 Å². The number of aryl methyl sites for hydroxylation is 1. The summed E-state index contributed by atoms with van der Waals surface area (Å²) in [6.07, 6.45) is -2.20. The summed E-state index contributed by atoms with van der Waals surface area (Å²) in [6.45, 7) is 7.80. The molecule has 0 radical (unpaired) electrons. The highest BCUT2D eigenvalue weighted by atomic mass is 35.5. The number of para-hydroxylation sites is 1. The van der Waals surface area contributed by atoms with E-state index in [1.165, 1.54) is 24.3 Å². The van der Waals surface area contributed by atoms with E-state index in [9.17, 15) is 31.9 Å².